The standard InChI is InChI=1S/C22H26O6/c1-12-20(13-7-8-16(25-3)17(9-13)26-4)14-10-18(27-5)19(28-6)11-15(14)21(23)22(12,2)24/h7-12,20,24H,1-6H3/t12-,20+,22+/m0/s1. The van der Waals surface area contributed by atoms with Crippen LogP contribution in [0.4, 0.5) is 0 Å². The summed E-state index contributed by atoms with van der Waals surface area (Å²) in [5, 5.41) is 11.0. The van der Waals surface area contributed by atoms with Crippen molar-refractivity contribution in [2.75, 3.05) is 28.4 Å². The van der Waals surface area contributed by atoms with Crippen molar-refractivity contribution in [2.24, 2.45) is 5.92 Å². The van der Waals surface area contributed by atoms with Crippen molar-refractivity contribution in [2.45, 2.75) is 25.4 Å². The molecule has 0 amide bonds. The van der Waals surface area contributed by atoms with Crippen LogP contribution >= 0.6 is 0 Å². The molecule has 0 bridgehead atoms. The summed E-state index contributed by atoms with van der Waals surface area (Å²) in [6.07, 6.45) is 0. The number of carbonyl (C=O) groups is 1. The Hall–Kier alpha value is -2.73. The Balaban J connectivity index is 2.27. The predicted octanol–water partition coefficient (Wildman–Crippen LogP) is 3.44. The Bertz CT molecular complexity index is 902. The van der Waals surface area contributed by atoms with Crippen molar-refractivity contribution in [3.05, 3.63) is 47.0 Å². The Morgan fingerprint density at radius 3 is 1.96 bits per heavy atom. The minimum Gasteiger partial charge on any atom is -0.493 e. The summed E-state index contributed by atoms with van der Waals surface area (Å²) in [6.45, 7) is 3.44. The third kappa shape index (κ3) is 2.98. The Kier molecular flexibility index (Phi) is 5.26. The van der Waals surface area contributed by atoms with Crippen LogP contribution in [-0.4, -0.2) is 44.9 Å². The maximum absolute atomic E-state index is 13.0. The number of Topliss-reactive ketones (excluding diaryl/α,β-unsaturated/α-hetero) is 1. The molecule has 0 aliphatic heterocycles. The van der Waals surface area contributed by atoms with E-state index in [9.17, 15) is 9.90 Å². The van der Waals surface area contributed by atoms with Gasteiger partial charge < -0.3 is 24.1 Å². The topological polar surface area (TPSA) is 74.2 Å². The molecule has 1 N–H and O–H groups in total. The molecular formula is C22H26O6. The molecule has 150 valence electrons. The van der Waals surface area contributed by atoms with Crippen LogP contribution in [-0.2, 0) is 0 Å². The summed E-state index contributed by atoms with van der Waals surface area (Å²) in [4.78, 5) is 13.0. The third-order valence-electron chi connectivity index (χ3n) is 5.75. The highest BCUT2D eigenvalue weighted by atomic mass is 16.5. The van der Waals surface area contributed by atoms with Gasteiger partial charge in [0.15, 0.2) is 28.8 Å². The van der Waals surface area contributed by atoms with E-state index < -0.39 is 5.60 Å². The summed E-state index contributed by atoms with van der Waals surface area (Å²) in [5.41, 5.74) is 0.602. The fourth-order valence-corrected chi connectivity index (χ4v) is 3.94. The lowest BCUT2D eigenvalue weighted by atomic mass is 9.65. The highest BCUT2D eigenvalue weighted by Crippen LogP contribution is 2.49. The first-order valence-corrected chi connectivity index (χ1v) is 9.05. The summed E-state index contributed by atoms with van der Waals surface area (Å²) in [5.74, 6) is 1.24. The van der Waals surface area contributed by atoms with Gasteiger partial charge in [0.05, 0.1) is 28.4 Å². The average Bonchev–Trinajstić information content (AvgIpc) is 2.71. The van der Waals surface area contributed by atoms with Gasteiger partial charge in [-0.3, -0.25) is 4.79 Å². The van der Waals surface area contributed by atoms with Crippen LogP contribution in [0.25, 0.3) is 0 Å². The molecule has 28 heavy (non-hydrogen) atoms. The molecule has 3 rings (SSSR count). The van der Waals surface area contributed by atoms with E-state index in [1.54, 1.807) is 34.3 Å². The van der Waals surface area contributed by atoms with Gasteiger partial charge in [0.25, 0.3) is 0 Å². The molecule has 1 aliphatic rings. The molecule has 0 fully saturated rings. The predicted molar refractivity (Wildman–Crippen MR) is 105 cm³/mol. The van der Waals surface area contributed by atoms with Crippen LogP contribution < -0.4 is 18.9 Å². The zero-order valence-electron chi connectivity index (χ0n) is 17.0. The first-order valence-electron chi connectivity index (χ1n) is 9.05. The monoisotopic (exact) mass is 386 g/mol. The van der Waals surface area contributed by atoms with Gasteiger partial charge in [-0.15, -0.1) is 0 Å². The Morgan fingerprint density at radius 2 is 1.39 bits per heavy atom. The summed E-state index contributed by atoms with van der Waals surface area (Å²) >= 11 is 0. The fraction of sp³-hybridized carbons (Fsp3) is 0.409. The Labute approximate surface area is 165 Å². The van der Waals surface area contributed by atoms with Crippen LogP contribution in [0.1, 0.15) is 41.3 Å². The highest BCUT2D eigenvalue weighted by Gasteiger charge is 2.48. The smallest absolute Gasteiger partial charge is 0.194 e. The largest absolute Gasteiger partial charge is 0.493 e. The first kappa shape index (κ1) is 20.0. The molecule has 0 saturated heterocycles. The molecule has 0 heterocycles. The van der Waals surface area contributed by atoms with Crippen LogP contribution in [0.3, 0.4) is 0 Å². The van der Waals surface area contributed by atoms with E-state index in [1.807, 2.05) is 31.2 Å². The minimum atomic E-state index is -1.52. The van der Waals surface area contributed by atoms with Gasteiger partial charge in [-0.05, 0) is 42.3 Å². The van der Waals surface area contributed by atoms with Gasteiger partial charge in [0.1, 0.15) is 5.60 Å². The van der Waals surface area contributed by atoms with E-state index in [0.717, 1.165) is 11.1 Å². The number of carbonyl (C=O) groups excluding carboxylic acids is 1. The van der Waals surface area contributed by atoms with E-state index in [1.165, 1.54) is 7.11 Å². The second kappa shape index (κ2) is 7.36. The number of benzene rings is 2. The normalized spacial score (nSPS) is 23.8. The van der Waals surface area contributed by atoms with Gasteiger partial charge in [-0.25, -0.2) is 0 Å². The SMILES string of the molecule is COc1ccc([C@@H]2c3cc(OC)c(OC)cc3C(=O)[C@](C)(O)[C@H]2C)cc1OC. The van der Waals surface area contributed by atoms with Crippen molar-refractivity contribution >= 4 is 5.78 Å². The number of hydrogen-bond acceptors (Lipinski definition) is 6. The number of ether oxygens (including phenoxy) is 4. The van der Waals surface area contributed by atoms with Gasteiger partial charge >= 0.3 is 0 Å². The lowest BCUT2D eigenvalue weighted by molar-refractivity contribution is 0.00444. The van der Waals surface area contributed by atoms with Crippen molar-refractivity contribution < 1.29 is 28.8 Å². The molecule has 0 spiro atoms. The van der Waals surface area contributed by atoms with E-state index in [4.69, 9.17) is 18.9 Å². The maximum Gasteiger partial charge on any atom is 0.194 e. The zero-order valence-corrected chi connectivity index (χ0v) is 17.0. The van der Waals surface area contributed by atoms with E-state index in [-0.39, 0.29) is 17.6 Å². The summed E-state index contributed by atoms with van der Waals surface area (Å²) in [6, 6.07) is 9.09. The van der Waals surface area contributed by atoms with Crippen LogP contribution in [0, 0.1) is 5.92 Å². The van der Waals surface area contributed by atoms with Crippen LogP contribution in [0.5, 0.6) is 23.0 Å². The zero-order chi connectivity index (χ0) is 20.6. The number of methoxy groups -OCH3 is 4. The molecule has 0 unspecified atom stereocenters. The van der Waals surface area contributed by atoms with Crippen LogP contribution in [0.2, 0.25) is 0 Å². The number of aliphatic hydroxyl groups is 1. The molecule has 2 aromatic carbocycles. The van der Waals surface area contributed by atoms with Gasteiger partial charge in [-0.2, -0.15) is 0 Å². The fourth-order valence-electron chi connectivity index (χ4n) is 3.94. The number of rotatable bonds is 5. The second-order valence-corrected chi connectivity index (χ2v) is 7.15. The molecule has 6 heteroatoms. The molecular weight excluding hydrogens is 360 g/mol. The molecule has 0 radical (unpaired) electrons. The second-order valence-electron chi connectivity index (χ2n) is 7.15. The number of ketones is 1. The first-order chi connectivity index (χ1) is 13.3. The summed E-state index contributed by atoms with van der Waals surface area (Å²) in [7, 11) is 6.23. The van der Waals surface area contributed by atoms with Crippen molar-refractivity contribution in [3.8, 4) is 23.0 Å². The van der Waals surface area contributed by atoms with Gasteiger partial charge in [-0.1, -0.05) is 13.0 Å². The minimum absolute atomic E-state index is 0.248. The van der Waals surface area contributed by atoms with Gasteiger partial charge in [0.2, 0.25) is 0 Å². The average molecular weight is 386 g/mol. The summed E-state index contributed by atoms with van der Waals surface area (Å²) < 4.78 is 21.6. The molecule has 2 aromatic rings. The highest BCUT2D eigenvalue weighted by molar-refractivity contribution is 6.05. The lowest BCUT2D eigenvalue weighted by Gasteiger charge is -2.41. The lowest BCUT2D eigenvalue weighted by Crippen LogP contribution is -2.48. The van der Waals surface area contributed by atoms with E-state index in [0.29, 0.717) is 28.6 Å². The number of hydrogen-bond donors (Lipinski definition) is 1. The molecule has 0 saturated carbocycles. The molecule has 1 aliphatic carbocycles. The van der Waals surface area contributed by atoms with E-state index >= 15 is 0 Å². The van der Waals surface area contributed by atoms with Gasteiger partial charge in [0, 0.05) is 17.4 Å². The number of fused-ring (bicyclic) bond motifs is 1. The van der Waals surface area contributed by atoms with Crippen molar-refractivity contribution in [1.82, 2.24) is 0 Å². The third-order valence-corrected chi connectivity index (χ3v) is 5.75. The molecule has 3 atom stereocenters. The van der Waals surface area contributed by atoms with E-state index in [2.05, 4.69) is 0 Å². The quantitative estimate of drug-likeness (QED) is 0.849. The van der Waals surface area contributed by atoms with Crippen molar-refractivity contribution in [3.63, 3.8) is 0 Å². The maximum atomic E-state index is 13.0. The van der Waals surface area contributed by atoms with Crippen molar-refractivity contribution in [1.29, 1.82) is 0 Å². The Morgan fingerprint density at radius 1 is 0.857 bits per heavy atom. The molecule has 0 aromatic heterocycles. The molecule has 6 nitrogen and oxygen atoms in total. The van der Waals surface area contributed by atoms with Crippen LogP contribution in [0.15, 0.2) is 30.3 Å².